The van der Waals surface area contributed by atoms with E-state index in [9.17, 15) is 18.0 Å². The maximum Gasteiger partial charge on any atom is 0.449 e. The van der Waals surface area contributed by atoms with Gasteiger partial charge in [0, 0.05) is 12.0 Å². The molecule has 0 saturated carbocycles. The zero-order valence-electron chi connectivity index (χ0n) is 17.3. The number of nitrogens with zero attached hydrogens (tertiary/aromatic N) is 2. The van der Waals surface area contributed by atoms with Crippen LogP contribution in [0.4, 0.5) is 19.0 Å². The van der Waals surface area contributed by atoms with E-state index in [0.29, 0.717) is 23.6 Å². The summed E-state index contributed by atoms with van der Waals surface area (Å²) in [7, 11) is 0. The van der Waals surface area contributed by atoms with Crippen molar-refractivity contribution in [1.82, 2.24) is 4.98 Å². The lowest BCUT2D eigenvalue weighted by Gasteiger charge is -2.07. The lowest BCUT2D eigenvalue weighted by molar-refractivity contribution is -0.552. The van der Waals surface area contributed by atoms with Crippen molar-refractivity contribution >= 4 is 11.7 Å². The van der Waals surface area contributed by atoms with Crippen LogP contribution in [-0.4, -0.2) is 16.9 Å². The van der Waals surface area contributed by atoms with Gasteiger partial charge < -0.3 is 4.42 Å². The molecule has 5 rings (SSSR count). The molecule has 1 atom stereocenters. The maximum absolute atomic E-state index is 13.2. The van der Waals surface area contributed by atoms with Crippen LogP contribution >= 0.6 is 0 Å². The number of hydrogen-bond acceptors (Lipinski definition) is 4. The molecule has 0 spiro atoms. The van der Waals surface area contributed by atoms with E-state index in [4.69, 9.17) is 9.40 Å². The molecule has 5 nitrogen and oxygen atoms in total. The summed E-state index contributed by atoms with van der Waals surface area (Å²) in [6.45, 7) is 0. The molecule has 4 aromatic rings. The molecule has 0 bridgehead atoms. The second kappa shape index (κ2) is 8.20. The highest BCUT2D eigenvalue weighted by Crippen LogP contribution is 2.31. The number of rotatable bonds is 5. The molecule has 8 heteroatoms. The summed E-state index contributed by atoms with van der Waals surface area (Å²) in [5, 5.41) is 3.16. The highest BCUT2D eigenvalue weighted by molar-refractivity contribution is 5.82. The third-order valence-electron chi connectivity index (χ3n) is 5.50. The van der Waals surface area contributed by atoms with Gasteiger partial charge in [0.1, 0.15) is 23.3 Å². The quantitative estimate of drug-likeness (QED) is 0.439. The van der Waals surface area contributed by atoms with Gasteiger partial charge in [0.2, 0.25) is 11.8 Å². The van der Waals surface area contributed by atoms with Crippen molar-refractivity contribution in [3.8, 4) is 11.3 Å². The summed E-state index contributed by atoms with van der Waals surface area (Å²) in [5.41, 5.74) is 3.20. The minimum atomic E-state index is -4.57. The number of benzene rings is 2. The molecule has 2 aromatic heterocycles. The van der Waals surface area contributed by atoms with Gasteiger partial charge in [-0.1, -0.05) is 60.7 Å². The Morgan fingerprint density at radius 2 is 1.67 bits per heavy atom. The molecule has 0 saturated heterocycles. The summed E-state index contributed by atoms with van der Waals surface area (Å²) in [6.07, 6.45) is -2.43. The number of nitrogens with one attached hydrogen (secondary N) is 1. The number of alkyl halides is 3. The van der Waals surface area contributed by atoms with Crippen LogP contribution in [0.25, 0.3) is 11.3 Å². The smallest absolute Gasteiger partial charge is 0.449 e. The third kappa shape index (κ3) is 4.24. The van der Waals surface area contributed by atoms with Gasteiger partial charge in [0.25, 0.3) is 0 Å². The van der Waals surface area contributed by atoms with Crippen LogP contribution in [0.2, 0.25) is 0 Å². The van der Waals surface area contributed by atoms with Crippen LogP contribution < -0.4 is 9.88 Å². The van der Waals surface area contributed by atoms with Crippen LogP contribution in [0, 0.1) is 0 Å². The van der Waals surface area contributed by atoms with E-state index in [1.165, 1.54) is 10.6 Å². The molecule has 0 aliphatic carbocycles. The Kier molecular flexibility index (Phi) is 5.20. The molecular weight excluding hydrogens is 431 g/mol. The minimum absolute atomic E-state index is 0.0119. The van der Waals surface area contributed by atoms with Crippen molar-refractivity contribution in [3.05, 3.63) is 102 Å². The summed E-state index contributed by atoms with van der Waals surface area (Å²) in [5.74, 6) is -0.728. The normalized spacial score (nSPS) is 15.4. The van der Waals surface area contributed by atoms with E-state index in [1.54, 1.807) is 6.20 Å². The number of anilines is 1. The Morgan fingerprint density at radius 3 is 2.33 bits per heavy atom. The van der Waals surface area contributed by atoms with E-state index >= 15 is 0 Å². The molecule has 166 valence electrons. The molecule has 3 heterocycles. The number of halogens is 3. The van der Waals surface area contributed by atoms with Crippen LogP contribution in [-0.2, 0) is 19.0 Å². The van der Waals surface area contributed by atoms with Crippen molar-refractivity contribution in [2.75, 3.05) is 5.32 Å². The van der Waals surface area contributed by atoms with Gasteiger partial charge in [-0.05, 0) is 17.7 Å². The zero-order chi connectivity index (χ0) is 23.0. The van der Waals surface area contributed by atoms with Crippen molar-refractivity contribution in [3.63, 3.8) is 0 Å². The fourth-order valence-electron chi connectivity index (χ4n) is 3.91. The van der Waals surface area contributed by atoms with Crippen molar-refractivity contribution in [1.29, 1.82) is 0 Å². The lowest BCUT2D eigenvalue weighted by atomic mass is 10.1. The largest absolute Gasteiger partial charge is 0.456 e. The fourth-order valence-corrected chi connectivity index (χ4v) is 3.91. The lowest BCUT2D eigenvalue weighted by Crippen LogP contribution is -2.44. The number of fused-ring (bicyclic) bond motifs is 1. The Bertz CT molecular complexity index is 1300. The molecule has 0 fully saturated rings. The number of furan rings is 1. The van der Waals surface area contributed by atoms with Crippen LogP contribution in [0.5, 0.6) is 0 Å². The molecule has 0 amide bonds. The van der Waals surface area contributed by atoms with Crippen LogP contribution in [0.15, 0.2) is 83.4 Å². The topological polar surface area (TPSA) is 59.0 Å². The average molecular weight is 450 g/mol. The van der Waals surface area contributed by atoms with E-state index in [2.05, 4.69) is 5.32 Å². The molecule has 2 aromatic carbocycles. The Balaban J connectivity index is 1.50. The fraction of sp³-hybridized carbons (Fsp3) is 0.160. The minimum Gasteiger partial charge on any atom is -0.456 e. The number of hydrogen-bond donors (Lipinski definition) is 1. The summed E-state index contributed by atoms with van der Waals surface area (Å²) >= 11 is 0. The van der Waals surface area contributed by atoms with Crippen molar-refractivity contribution in [2.24, 2.45) is 0 Å². The first-order valence-electron chi connectivity index (χ1n) is 10.4. The van der Waals surface area contributed by atoms with Gasteiger partial charge >= 0.3 is 17.9 Å². The molecule has 1 aliphatic rings. The van der Waals surface area contributed by atoms with Gasteiger partial charge in [-0.3, -0.25) is 5.32 Å². The van der Waals surface area contributed by atoms with Crippen LogP contribution in [0.3, 0.4) is 0 Å². The second-order valence-electron chi connectivity index (χ2n) is 7.82. The summed E-state index contributed by atoms with van der Waals surface area (Å²) in [4.78, 5) is 18.0. The highest BCUT2D eigenvalue weighted by atomic mass is 19.4. The standard InChI is InChI=1S/C25H18F3N3O2/c26-25(27,28)22-12-11-18(33-22)14-20-24(32)31-15-21(17-9-5-2-6-10-17)29-19(23(31)30-20)13-16-7-3-1-4-8-16/h1-12,15,20H,13-14H2/p+1. The SMILES string of the molecule is O=C1C(Cc2ccc(C(F)(F)F)o2)Nc2c(Cc3ccccc3)nc(-c3ccccc3)c[n+]21. The third-order valence-corrected chi connectivity index (χ3v) is 5.50. The molecule has 1 aliphatic heterocycles. The molecule has 1 N–H and O–H groups in total. The van der Waals surface area contributed by atoms with Crippen molar-refractivity contribution in [2.45, 2.75) is 25.1 Å². The van der Waals surface area contributed by atoms with Crippen LogP contribution in [0.1, 0.15) is 27.6 Å². The Morgan fingerprint density at radius 1 is 0.970 bits per heavy atom. The van der Waals surface area contributed by atoms with E-state index in [0.717, 1.165) is 17.2 Å². The molecular formula is C25H19F3N3O2+. The van der Waals surface area contributed by atoms with E-state index in [-0.39, 0.29) is 18.1 Å². The molecule has 33 heavy (non-hydrogen) atoms. The van der Waals surface area contributed by atoms with E-state index in [1.807, 2.05) is 60.7 Å². The Labute approximate surface area is 187 Å². The number of carbonyl (C=O) groups excluding carboxylic acids is 1. The van der Waals surface area contributed by atoms with Gasteiger partial charge in [0.05, 0.1) is 6.42 Å². The Hall–Kier alpha value is -3.94. The average Bonchev–Trinajstić information content (AvgIpc) is 3.41. The highest BCUT2D eigenvalue weighted by Gasteiger charge is 2.42. The first-order valence-corrected chi connectivity index (χ1v) is 10.4. The summed E-state index contributed by atoms with van der Waals surface area (Å²) < 4.78 is 45.1. The maximum atomic E-state index is 13.2. The second-order valence-corrected chi connectivity index (χ2v) is 7.82. The first-order chi connectivity index (χ1) is 15.9. The van der Waals surface area contributed by atoms with Gasteiger partial charge in [0.15, 0.2) is 0 Å². The monoisotopic (exact) mass is 450 g/mol. The predicted octanol–water partition coefficient (Wildman–Crippen LogP) is 4.92. The zero-order valence-corrected chi connectivity index (χ0v) is 17.3. The summed E-state index contributed by atoms with van der Waals surface area (Å²) in [6, 6.07) is 20.6. The van der Waals surface area contributed by atoms with E-state index < -0.39 is 18.0 Å². The predicted molar refractivity (Wildman–Crippen MR) is 115 cm³/mol. The van der Waals surface area contributed by atoms with Crippen molar-refractivity contribution < 1.29 is 27.0 Å². The van der Waals surface area contributed by atoms with Gasteiger partial charge in [-0.15, -0.1) is 0 Å². The number of carbonyl (C=O) groups is 1. The van der Waals surface area contributed by atoms with Gasteiger partial charge in [-0.25, -0.2) is 9.78 Å². The molecule has 0 radical (unpaired) electrons. The first kappa shape index (κ1) is 20.9. The number of aromatic nitrogens is 2. The van der Waals surface area contributed by atoms with Gasteiger partial charge in [-0.2, -0.15) is 17.7 Å². The molecule has 1 unspecified atom stereocenters.